The lowest BCUT2D eigenvalue weighted by Gasteiger charge is -2.36. The minimum atomic E-state index is -0.318. The molecule has 2 heterocycles. The fourth-order valence-electron chi connectivity index (χ4n) is 3.77. The summed E-state index contributed by atoms with van der Waals surface area (Å²) in [5, 5.41) is 8.84. The standard InChI is InChI=1S/C21H21FN4O2/c1-25-21(28)17-8-3-2-7-16(17)18(24-25)12-20(27)26-10-9-23-13-19(26)14-5-4-6-15(22)11-14/h2-8,11,19,23H,9-10,12-13H2,1H3. The molecule has 7 heteroatoms. The number of nitrogens with zero attached hydrogens (tertiary/aromatic N) is 3. The number of hydrogen-bond donors (Lipinski definition) is 1. The lowest BCUT2D eigenvalue weighted by molar-refractivity contribution is -0.133. The highest BCUT2D eigenvalue weighted by molar-refractivity contribution is 5.88. The van der Waals surface area contributed by atoms with Crippen molar-refractivity contribution < 1.29 is 9.18 Å². The van der Waals surface area contributed by atoms with Crippen molar-refractivity contribution in [2.24, 2.45) is 7.05 Å². The van der Waals surface area contributed by atoms with E-state index in [0.717, 1.165) is 5.56 Å². The van der Waals surface area contributed by atoms with Crippen LogP contribution in [-0.2, 0) is 18.3 Å². The SMILES string of the molecule is Cn1nc(CC(=O)N2CCNCC2c2cccc(F)c2)c2ccccc2c1=O. The van der Waals surface area contributed by atoms with E-state index in [-0.39, 0.29) is 29.7 Å². The zero-order chi connectivity index (χ0) is 19.7. The minimum absolute atomic E-state index is 0.0838. The molecule has 0 saturated carbocycles. The molecule has 2 aromatic carbocycles. The largest absolute Gasteiger partial charge is 0.333 e. The van der Waals surface area contributed by atoms with Crippen LogP contribution in [0.2, 0.25) is 0 Å². The van der Waals surface area contributed by atoms with Crippen LogP contribution in [-0.4, -0.2) is 40.2 Å². The van der Waals surface area contributed by atoms with Gasteiger partial charge >= 0.3 is 0 Å². The van der Waals surface area contributed by atoms with E-state index >= 15 is 0 Å². The lowest BCUT2D eigenvalue weighted by atomic mass is 10.0. The molecule has 1 unspecified atom stereocenters. The molecule has 4 rings (SSSR count). The second-order valence-corrected chi connectivity index (χ2v) is 6.96. The number of rotatable bonds is 3. The Morgan fingerprint density at radius 1 is 1.21 bits per heavy atom. The Kier molecular flexibility index (Phi) is 4.92. The highest BCUT2D eigenvalue weighted by Gasteiger charge is 2.28. The zero-order valence-corrected chi connectivity index (χ0v) is 15.6. The summed E-state index contributed by atoms with van der Waals surface area (Å²) >= 11 is 0. The third-order valence-corrected chi connectivity index (χ3v) is 5.15. The summed E-state index contributed by atoms with van der Waals surface area (Å²) in [6.07, 6.45) is 0.0838. The van der Waals surface area contributed by atoms with Gasteiger partial charge in [-0.2, -0.15) is 5.10 Å². The Labute approximate surface area is 161 Å². The second-order valence-electron chi connectivity index (χ2n) is 6.96. The van der Waals surface area contributed by atoms with Crippen LogP contribution in [0, 0.1) is 5.82 Å². The maximum Gasteiger partial charge on any atom is 0.274 e. The van der Waals surface area contributed by atoms with Crippen LogP contribution in [0.25, 0.3) is 10.8 Å². The Morgan fingerprint density at radius 3 is 2.79 bits per heavy atom. The quantitative estimate of drug-likeness (QED) is 0.752. The molecule has 0 bridgehead atoms. The Balaban J connectivity index is 1.67. The monoisotopic (exact) mass is 380 g/mol. The third kappa shape index (κ3) is 3.41. The number of aromatic nitrogens is 2. The average Bonchev–Trinajstić information content (AvgIpc) is 2.72. The molecule has 1 aliphatic rings. The fourth-order valence-corrected chi connectivity index (χ4v) is 3.77. The van der Waals surface area contributed by atoms with E-state index in [0.29, 0.717) is 36.1 Å². The van der Waals surface area contributed by atoms with Crippen LogP contribution in [0.4, 0.5) is 4.39 Å². The van der Waals surface area contributed by atoms with Crippen molar-refractivity contribution in [3.8, 4) is 0 Å². The summed E-state index contributed by atoms with van der Waals surface area (Å²) < 4.78 is 15.0. The summed E-state index contributed by atoms with van der Waals surface area (Å²) in [5.41, 5.74) is 1.14. The normalized spacial score (nSPS) is 17.1. The minimum Gasteiger partial charge on any atom is -0.333 e. The van der Waals surface area contributed by atoms with Crippen molar-refractivity contribution in [3.63, 3.8) is 0 Å². The molecule has 6 nitrogen and oxygen atoms in total. The van der Waals surface area contributed by atoms with Gasteiger partial charge in [0.15, 0.2) is 0 Å². The van der Waals surface area contributed by atoms with E-state index in [1.807, 2.05) is 18.2 Å². The number of hydrogen-bond acceptors (Lipinski definition) is 4. The summed E-state index contributed by atoms with van der Waals surface area (Å²) in [5.74, 6) is -0.409. The molecule has 28 heavy (non-hydrogen) atoms. The number of benzene rings is 2. The molecule has 1 N–H and O–H groups in total. The van der Waals surface area contributed by atoms with Gasteiger partial charge in [-0.3, -0.25) is 9.59 Å². The van der Waals surface area contributed by atoms with Crippen molar-refractivity contribution in [2.45, 2.75) is 12.5 Å². The summed E-state index contributed by atoms with van der Waals surface area (Å²) in [7, 11) is 1.59. The number of nitrogens with one attached hydrogen (secondary N) is 1. The first kappa shape index (κ1) is 18.3. The number of fused-ring (bicyclic) bond motifs is 1. The predicted octanol–water partition coefficient (Wildman–Crippen LogP) is 1.79. The van der Waals surface area contributed by atoms with Gasteiger partial charge in [-0.05, 0) is 23.8 Å². The molecule has 0 radical (unpaired) electrons. The van der Waals surface area contributed by atoms with Gasteiger partial charge in [-0.25, -0.2) is 9.07 Å². The van der Waals surface area contributed by atoms with Gasteiger partial charge in [0.05, 0.1) is 23.5 Å². The molecule has 1 amide bonds. The second kappa shape index (κ2) is 7.52. The van der Waals surface area contributed by atoms with E-state index in [2.05, 4.69) is 10.4 Å². The van der Waals surface area contributed by atoms with Crippen molar-refractivity contribution in [3.05, 3.63) is 76.0 Å². The number of amides is 1. The van der Waals surface area contributed by atoms with E-state index in [1.54, 1.807) is 30.1 Å². The summed E-state index contributed by atoms with van der Waals surface area (Å²) in [6, 6.07) is 13.3. The average molecular weight is 380 g/mol. The Hall–Kier alpha value is -3.06. The Bertz CT molecular complexity index is 1100. The predicted molar refractivity (Wildman–Crippen MR) is 104 cm³/mol. The van der Waals surface area contributed by atoms with Gasteiger partial charge in [0, 0.05) is 32.1 Å². The van der Waals surface area contributed by atoms with Crippen LogP contribution < -0.4 is 10.9 Å². The molecule has 1 fully saturated rings. The van der Waals surface area contributed by atoms with Gasteiger partial charge in [0.2, 0.25) is 5.91 Å². The molecule has 144 valence electrons. The number of piperazine rings is 1. The molecule has 3 aromatic rings. The lowest BCUT2D eigenvalue weighted by Crippen LogP contribution is -2.49. The first-order valence-electron chi connectivity index (χ1n) is 9.25. The molecule has 1 aromatic heterocycles. The Morgan fingerprint density at radius 2 is 2.00 bits per heavy atom. The van der Waals surface area contributed by atoms with Crippen LogP contribution in [0.5, 0.6) is 0 Å². The summed E-state index contributed by atoms with van der Waals surface area (Å²) in [4.78, 5) is 27.2. The molecule has 1 atom stereocenters. The summed E-state index contributed by atoms with van der Waals surface area (Å²) in [6.45, 7) is 1.78. The smallest absolute Gasteiger partial charge is 0.274 e. The third-order valence-electron chi connectivity index (χ3n) is 5.15. The highest BCUT2D eigenvalue weighted by atomic mass is 19.1. The van der Waals surface area contributed by atoms with Crippen molar-refractivity contribution >= 4 is 16.7 Å². The van der Waals surface area contributed by atoms with Gasteiger partial charge in [-0.1, -0.05) is 30.3 Å². The van der Waals surface area contributed by atoms with E-state index in [9.17, 15) is 14.0 Å². The highest BCUT2D eigenvalue weighted by Crippen LogP contribution is 2.24. The van der Waals surface area contributed by atoms with Crippen molar-refractivity contribution in [1.29, 1.82) is 0 Å². The van der Waals surface area contributed by atoms with Gasteiger partial charge in [-0.15, -0.1) is 0 Å². The first-order valence-corrected chi connectivity index (χ1v) is 9.25. The molecule has 0 aliphatic carbocycles. The number of aryl methyl sites for hydroxylation is 1. The van der Waals surface area contributed by atoms with Crippen LogP contribution in [0.1, 0.15) is 17.3 Å². The molecule has 1 saturated heterocycles. The van der Waals surface area contributed by atoms with Gasteiger partial charge in [0.25, 0.3) is 5.56 Å². The topological polar surface area (TPSA) is 67.2 Å². The van der Waals surface area contributed by atoms with E-state index in [1.165, 1.54) is 16.8 Å². The van der Waals surface area contributed by atoms with E-state index < -0.39 is 0 Å². The maximum absolute atomic E-state index is 13.7. The van der Waals surface area contributed by atoms with Crippen LogP contribution >= 0.6 is 0 Å². The molecule has 0 spiro atoms. The van der Waals surface area contributed by atoms with Crippen molar-refractivity contribution in [1.82, 2.24) is 20.0 Å². The number of halogens is 1. The van der Waals surface area contributed by atoms with Gasteiger partial charge in [0.1, 0.15) is 5.82 Å². The molecular formula is C21H21FN4O2. The van der Waals surface area contributed by atoms with Gasteiger partial charge < -0.3 is 10.2 Å². The number of carbonyl (C=O) groups excluding carboxylic acids is 1. The first-order chi connectivity index (χ1) is 13.5. The maximum atomic E-state index is 13.7. The molecular weight excluding hydrogens is 359 g/mol. The number of carbonyl (C=O) groups is 1. The zero-order valence-electron chi connectivity index (χ0n) is 15.6. The fraction of sp³-hybridized carbons (Fsp3) is 0.286. The van der Waals surface area contributed by atoms with Crippen molar-refractivity contribution in [2.75, 3.05) is 19.6 Å². The van der Waals surface area contributed by atoms with Crippen LogP contribution in [0.3, 0.4) is 0 Å². The van der Waals surface area contributed by atoms with E-state index in [4.69, 9.17) is 0 Å². The molecule has 1 aliphatic heterocycles. The van der Waals surface area contributed by atoms with Crippen LogP contribution in [0.15, 0.2) is 53.3 Å².